The second kappa shape index (κ2) is 3.20. The van der Waals surface area contributed by atoms with Crippen molar-refractivity contribution in [2.24, 2.45) is 4.99 Å². The van der Waals surface area contributed by atoms with Crippen molar-refractivity contribution in [3.05, 3.63) is 47.5 Å². The zero-order valence-electron chi connectivity index (χ0n) is 8.77. The fourth-order valence-electron chi connectivity index (χ4n) is 2.35. The molecule has 1 heterocycles. The normalized spacial score (nSPS) is 18.3. The Hall–Kier alpha value is -1.63. The molecule has 1 aliphatic rings. The second-order valence-electron chi connectivity index (χ2n) is 3.99. The Balaban J connectivity index is 2.35. The van der Waals surface area contributed by atoms with Crippen molar-refractivity contribution in [2.75, 3.05) is 0 Å². The lowest BCUT2D eigenvalue weighted by molar-refractivity contribution is 0.722. The molecule has 0 bridgehead atoms. The Kier molecular flexibility index (Phi) is 1.84. The quantitative estimate of drug-likeness (QED) is 0.657. The van der Waals surface area contributed by atoms with E-state index in [-0.39, 0.29) is 0 Å². The van der Waals surface area contributed by atoms with Crippen molar-refractivity contribution in [3.63, 3.8) is 0 Å². The minimum Gasteiger partial charge on any atom is -0.284 e. The molecule has 1 aliphatic heterocycles. The molecule has 0 amide bonds. The van der Waals surface area contributed by atoms with Crippen LogP contribution in [0.3, 0.4) is 0 Å². The van der Waals surface area contributed by atoms with E-state index in [1.54, 1.807) is 0 Å². The molecule has 0 fully saturated rings. The van der Waals surface area contributed by atoms with Gasteiger partial charge in [0.05, 0.1) is 6.04 Å². The summed E-state index contributed by atoms with van der Waals surface area (Å²) in [6.45, 7) is 2.19. The van der Waals surface area contributed by atoms with Crippen molar-refractivity contribution in [1.82, 2.24) is 0 Å². The number of hydrogen-bond acceptors (Lipinski definition) is 1. The van der Waals surface area contributed by atoms with Crippen molar-refractivity contribution >= 4 is 17.0 Å². The van der Waals surface area contributed by atoms with Crippen molar-refractivity contribution < 1.29 is 0 Å². The predicted octanol–water partition coefficient (Wildman–Crippen LogP) is 3.72. The fraction of sp³-hybridized carbons (Fsp3) is 0.214. The molecular formula is C14H13N. The monoisotopic (exact) mass is 195 g/mol. The molecule has 2 aromatic carbocycles. The first kappa shape index (κ1) is 8.66. The van der Waals surface area contributed by atoms with Gasteiger partial charge in [-0.15, -0.1) is 0 Å². The third-order valence-corrected chi connectivity index (χ3v) is 3.12. The Morgan fingerprint density at radius 2 is 2.00 bits per heavy atom. The molecule has 1 unspecified atom stereocenters. The Morgan fingerprint density at radius 3 is 2.87 bits per heavy atom. The minimum atomic E-state index is 0.367. The van der Waals surface area contributed by atoms with E-state index < -0.39 is 0 Å². The number of rotatable bonds is 1. The maximum atomic E-state index is 4.55. The van der Waals surface area contributed by atoms with E-state index in [4.69, 9.17) is 0 Å². The summed E-state index contributed by atoms with van der Waals surface area (Å²) in [6, 6.07) is 13.3. The Labute approximate surface area is 89.5 Å². The summed E-state index contributed by atoms with van der Waals surface area (Å²) < 4.78 is 0. The van der Waals surface area contributed by atoms with Crippen LogP contribution in [0.1, 0.15) is 30.5 Å². The molecule has 1 nitrogen and oxygen atoms in total. The fourth-order valence-corrected chi connectivity index (χ4v) is 2.35. The summed E-state index contributed by atoms with van der Waals surface area (Å²) in [6.07, 6.45) is 3.09. The maximum absolute atomic E-state index is 4.55. The molecule has 0 aromatic heterocycles. The second-order valence-corrected chi connectivity index (χ2v) is 3.99. The molecule has 0 aliphatic carbocycles. The van der Waals surface area contributed by atoms with Gasteiger partial charge in [0.1, 0.15) is 0 Å². The lowest BCUT2D eigenvalue weighted by Crippen LogP contribution is -1.92. The van der Waals surface area contributed by atoms with Crippen molar-refractivity contribution in [3.8, 4) is 0 Å². The van der Waals surface area contributed by atoms with Gasteiger partial charge in [-0.3, -0.25) is 4.99 Å². The Bertz CT molecular complexity index is 540. The maximum Gasteiger partial charge on any atom is 0.0758 e. The highest BCUT2D eigenvalue weighted by atomic mass is 14.8. The third-order valence-electron chi connectivity index (χ3n) is 3.12. The molecule has 2 aromatic rings. The average Bonchev–Trinajstić information content (AvgIpc) is 2.72. The van der Waals surface area contributed by atoms with Gasteiger partial charge in [0.25, 0.3) is 0 Å². The molecule has 0 saturated heterocycles. The number of fused-ring (bicyclic) bond motifs is 3. The predicted molar refractivity (Wildman–Crippen MR) is 64.6 cm³/mol. The summed E-state index contributed by atoms with van der Waals surface area (Å²) in [5.74, 6) is 0. The molecular weight excluding hydrogens is 182 g/mol. The summed E-state index contributed by atoms with van der Waals surface area (Å²) in [5.41, 5.74) is 2.70. The lowest BCUT2D eigenvalue weighted by Gasteiger charge is -2.10. The van der Waals surface area contributed by atoms with Gasteiger partial charge in [-0.1, -0.05) is 43.3 Å². The number of aliphatic imine (C=N–C) groups is 1. The van der Waals surface area contributed by atoms with E-state index in [2.05, 4.69) is 48.3 Å². The van der Waals surface area contributed by atoms with Crippen LogP contribution in [0.2, 0.25) is 0 Å². The van der Waals surface area contributed by atoms with E-state index in [0.717, 1.165) is 6.42 Å². The Morgan fingerprint density at radius 1 is 1.13 bits per heavy atom. The summed E-state index contributed by atoms with van der Waals surface area (Å²) in [4.78, 5) is 4.55. The SMILES string of the molecule is CCC1N=Cc2ccc3ccccc3c21. The molecule has 1 atom stereocenters. The first-order valence-corrected chi connectivity index (χ1v) is 5.45. The van der Waals surface area contributed by atoms with Crippen LogP contribution in [0.15, 0.2) is 41.4 Å². The highest BCUT2D eigenvalue weighted by Crippen LogP contribution is 2.34. The van der Waals surface area contributed by atoms with Crippen LogP contribution in [-0.2, 0) is 0 Å². The van der Waals surface area contributed by atoms with Crippen molar-refractivity contribution in [1.29, 1.82) is 0 Å². The smallest absolute Gasteiger partial charge is 0.0758 e. The van der Waals surface area contributed by atoms with Crippen LogP contribution < -0.4 is 0 Å². The first-order chi connectivity index (χ1) is 7.40. The van der Waals surface area contributed by atoms with Crippen LogP contribution >= 0.6 is 0 Å². The molecule has 0 saturated carbocycles. The van der Waals surface area contributed by atoms with Crippen LogP contribution in [0, 0.1) is 0 Å². The standard InChI is InChI=1S/C14H13N/c1-2-13-14-11(9-15-13)8-7-10-5-3-4-6-12(10)14/h3-9,13H,2H2,1H3. The van der Waals surface area contributed by atoms with Gasteiger partial charge >= 0.3 is 0 Å². The average molecular weight is 195 g/mol. The zero-order valence-corrected chi connectivity index (χ0v) is 8.77. The van der Waals surface area contributed by atoms with Crippen LogP contribution in [0.4, 0.5) is 0 Å². The number of benzene rings is 2. The molecule has 3 rings (SSSR count). The summed E-state index contributed by atoms with van der Waals surface area (Å²) in [7, 11) is 0. The van der Waals surface area contributed by atoms with E-state index in [1.807, 2.05) is 6.21 Å². The largest absolute Gasteiger partial charge is 0.284 e. The molecule has 0 N–H and O–H groups in total. The minimum absolute atomic E-state index is 0.367. The number of hydrogen-bond donors (Lipinski definition) is 0. The van der Waals surface area contributed by atoms with Gasteiger partial charge in [0.2, 0.25) is 0 Å². The number of nitrogens with zero attached hydrogens (tertiary/aromatic N) is 1. The van der Waals surface area contributed by atoms with Gasteiger partial charge in [-0.25, -0.2) is 0 Å². The van der Waals surface area contributed by atoms with E-state index >= 15 is 0 Å². The van der Waals surface area contributed by atoms with Gasteiger partial charge in [-0.2, -0.15) is 0 Å². The molecule has 0 spiro atoms. The molecule has 0 radical (unpaired) electrons. The highest BCUT2D eigenvalue weighted by molar-refractivity contribution is 5.97. The topological polar surface area (TPSA) is 12.4 Å². The third kappa shape index (κ3) is 1.19. The van der Waals surface area contributed by atoms with Gasteiger partial charge in [-0.05, 0) is 28.3 Å². The molecule has 74 valence electrons. The van der Waals surface area contributed by atoms with Gasteiger partial charge in [0, 0.05) is 6.21 Å². The van der Waals surface area contributed by atoms with E-state index in [1.165, 1.54) is 21.9 Å². The van der Waals surface area contributed by atoms with Crippen LogP contribution in [0.25, 0.3) is 10.8 Å². The first-order valence-electron chi connectivity index (χ1n) is 5.45. The summed E-state index contributed by atoms with van der Waals surface area (Å²) >= 11 is 0. The molecule has 15 heavy (non-hydrogen) atoms. The van der Waals surface area contributed by atoms with E-state index in [9.17, 15) is 0 Å². The van der Waals surface area contributed by atoms with Crippen LogP contribution in [-0.4, -0.2) is 6.21 Å². The summed E-state index contributed by atoms with van der Waals surface area (Å²) in [5, 5.41) is 2.68. The lowest BCUT2D eigenvalue weighted by atomic mass is 9.95. The van der Waals surface area contributed by atoms with E-state index in [0.29, 0.717) is 6.04 Å². The highest BCUT2D eigenvalue weighted by Gasteiger charge is 2.18. The van der Waals surface area contributed by atoms with Gasteiger partial charge in [0.15, 0.2) is 0 Å². The molecule has 1 heteroatoms. The van der Waals surface area contributed by atoms with Gasteiger partial charge < -0.3 is 0 Å². The van der Waals surface area contributed by atoms with Crippen molar-refractivity contribution in [2.45, 2.75) is 19.4 Å². The zero-order chi connectivity index (χ0) is 10.3. The van der Waals surface area contributed by atoms with Crippen LogP contribution in [0.5, 0.6) is 0 Å².